The van der Waals surface area contributed by atoms with Gasteiger partial charge in [-0.2, -0.15) is 0 Å². The Morgan fingerprint density at radius 3 is 2.56 bits per heavy atom. The van der Waals surface area contributed by atoms with E-state index in [-0.39, 0.29) is 5.41 Å². The Kier molecular flexibility index (Phi) is 5.76. The van der Waals surface area contributed by atoms with Crippen molar-refractivity contribution in [1.29, 1.82) is 0 Å². The number of aromatic nitrogens is 1. The van der Waals surface area contributed by atoms with Gasteiger partial charge >= 0.3 is 0 Å². The van der Waals surface area contributed by atoms with Crippen molar-refractivity contribution in [2.24, 2.45) is 0 Å². The summed E-state index contributed by atoms with van der Waals surface area (Å²) in [6.45, 7) is 10.9. The number of hydrogen-bond donors (Lipinski definition) is 1. The van der Waals surface area contributed by atoms with Gasteiger partial charge in [-0.25, -0.2) is 4.98 Å². The summed E-state index contributed by atoms with van der Waals surface area (Å²) in [4.78, 5) is 8.06. The molecule has 0 spiro atoms. The van der Waals surface area contributed by atoms with E-state index in [2.05, 4.69) is 57.0 Å². The minimum atomic E-state index is 0.166. The Morgan fingerprint density at radius 1 is 1.39 bits per heavy atom. The average Bonchev–Trinajstić information content (AvgIpc) is 2.71. The largest absolute Gasteiger partial charge is 0.309 e. The fourth-order valence-corrected chi connectivity index (χ4v) is 2.49. The predicted molar refractivity (Wildman–Crippen MR) is 80.3 cm³/mol. The minimum Gasteiger partial charge on any atom is -0.309 e. The first-order valence-electron chi connectivity index (χ1n) is 6.62. The Morgan fingerprint density at radius 2 is 2.06 bits per heavy atom. The first-order valence-corrected chi connectivity index (χ1v) is 7.44. The van der Waals surface area contributed by atoms with Crippen molar-refractivity contribution in [3.63, 3.8) is 0 Å². The highest BCUT2D eigenvalue weighted by molar-refractivity contribution is 7.11. The molecule has 1 N–H and O–H groups in total. The van der Waals surface area contributed by atoms with Gasteiger partial charge in [-0.05, 0) is 34.0 Å². The van der Waals surface area contributed by atoms with Gasteiger partial charge in [0, 0.05) is 29.1 Å². The molecular weight excluding hydrogens is 242 g/mol. The van der Waals surface area contributed by atoms with E-state index in [1.54, 1.807) is 0 Å². The van der Waals surface area contributed by atoms with Gasteiger partial charge < -0.3 is 10.2 Å². The van der Waals surface area contributed by atoms with E-state index in [9.17, 15) is 0 Å². The first-order chi connectivity index (χ1) is 8.29. The van der Waals surface area contributed by atoms with Crippen LogP contribution in [0.2, 0.25) is 0 Å². The molecule has 0 radical (unpaired) electrons. The second kappa shape index (κ2) is 6.64. The highest BCUT2D eigenvalue weighted by Gasteiger charge is 2.17. The first kappa shape index (κ1) is 15.6. The Labute approximate surface area is 116 Å². The fraction of sp³-hybridized carbons (Fsp3) is 0.786. The Balaban J connectivity index is 2.37. The van der Waals surface area contributed by atoms with Gasteiger partial charge in [-0.1, -0.05) is 20.8 Å². The zero-order chi connectivity index (χ0) is 13.8. The van der Waals surface area contributed by atoms with Crippen molar-refractivity contribution in [2.45, 2.75) is 52.1 Å². The van der Waals surface area contributed by atoms with E-state index >= 15 is 0 Å². The van der Waals surface area contributed by atoms with Crippen LogP contribution in [-0.4, -0.2) is 36.6 Å². The molecule has 0 amide bonds. The summed E-state index contributed by atoms with van der Waals surface area (Å²) in [6, 6.07) is 0.549. The summed E-state index contributed by atoms with van der Waals surface area (Å²) in [5.41, 5.74) is 0.166. The molecule has 1 aromatic heterocycles. The van der Waals surface area contributed by atoms with E-state index in [1.807, 2.05) is 17.5 Å². The molecule has 0 fully saturated rings. The van der Waals surface area contributed by atoms with Crippen LogP contribution >= 0.6 is 11.3 Å². The van der Waals surface area contributed by atoms with Crippen LogP contribution in [0, 0.1) is 0 Å². The summed E-state index contributed by atoms with van der Waals surface area (Å²) in [5.74, 6) is 0. The quantitative estimate of drug-likeness (QED) is 0.861. The molecule has 0 saturated carbocycles. The van der Waals surface area contributed by atoms with Crippen LogP contribution in [-0.2, 0) is 12.0 Å². The lowest BCUT2D eigenvalue weighted by Crippen LogP contribution is -2.29. The number of thiazole rings is 1. The molecule has 0 bridgehead atoms. The Hall–Kier alpha value is -0.450. The van der Waals surface area contributed by atoms with Gasteiger partial charge in [-0.3, -0.25) is 0 Å². The molecule has 18 heavy (non-hydrogen) atoms. The van der Waals surface area contributed by atoms with E-state index in [1.165, 1.54) is 16.3 Å². The number of rotatable bonds is 6. The van der Waals surface area contributed by atoms with Gasteiger partial charge in [0.15, 0.2) is 0 Å². The standard InChI is InChI=1S/C14H27N3S/c1-11(7-8-17(5)6)15-9-12-10-16-13(18-12)14(2,3)4/h10-11,15H,7-9H2,1-6H3. The maximum Gasteiger partial charge on any atom is 0.0981 e. The minimum absolute atomic E-state index is 0.166. The molecule has 0 aromatic carbocycles. The molecule has 104 valence electrons. The summed E-state index contributed by atoms with van der Waals surface area (Å²) in [6.07, 6.45) is 3.19. The third kappa shape index (κ3) is 5.46. The lowest BCUT2D eigenvalue weighted by Gasteiger charge is -2.16. The smallest absolute Gasteiger partial charge is 0.0981 e. The SMILES string of the molecule is CC(CCN(C)C)NCc1cnc(C(C)(C)C)s1. The van der Waals surface area contributed by atoms with Gasteiger partial charge in [0.25, 0.3) is 0 Å². The van der Waals surface area contributed by atoms with Crippen molar-refractivity contribution in [3.05, 3.63) is 16.1 Å². The lowest BCUT2D eigenvalue weighted by atomic mass is 9.98. The topological polar surface area (TPSA) is 28.2 Å². The molecule has 0 aliphatic rings. The summed E-state index contributed by atoms with van der Waals surface area (Å²) in [7, 11) is 4.23. The summed E-state index contributed by atoms with van der Waals surface area (Å²) >= 11 is 1.82. The van der Waals surface area contributed by atoms with Crippen LogP contribution in [0.4, 0.5) is 0 Å². The van der Waals surface area contributed by atoms with Crippen LogP contribution in [0.15, 0.2) is 6.20 Å². The molecule has 1 aromatic rings. The van der Waals surface area contributed by atoms with Crippen molar-refractivity contribution >= 4 is 11.3 Å². The maximum atomic E-state index is 4.51. The normalized spacial score (nSPS) is 14.2. The number of hydrogen-bond acceptors (Lipinski definition) is 4. The highest BCUT2D eigenvalue weighted by atomic mass is 32.1. The molecule has 0 aliphatic carbocycles. The van der Waals surface area contributed by atoms with Crippen LogP contribution in [0.3, 0.4) is 0 Å². The predicted octanol–water partition coefficient (Wildman–Crippen LogP) is 2.87. The lowest BCUT2D eigenvalue weighted by molar-refractivity contribution is 0.366. The number of nitrogens with one attached hydrogen (secondary N) is 1. The summed E-state index contributed by atoms with van der Waals surface area (Å²) in [5, 5.41) is 4.79. The van der Waals surface area contributed by atoms with Crippen molar-refractivity contribution in [2.75, 3.05) is 20.6 Å². The molecule has 1 unspecified atom stereocenters. The molecule has 3 nitrogen and oxygen atoms in total. The van der Waals surface area contributed by atoms with E-state index in [0.717, 1.165) is 13.1 Å². The van der Waals surface area contributed by atoms with Gasteiger partial charge in [0.1, 0.15) is 0 Å². The molecule has 0 aliphatic heterocycles. The molecule has 0 saturated heterocycles. The van der Waals surface area contributed by atoms with E-state index in [4.69, 9.17) is 0 Å². The van der Waals surface area contributed by atoms with Crippen molar-refractivity contribution in [3.8, 4) is 0 Å². The molecule has 1 heterocycles. The van der Waals surface area contributed by atoms with E-state index in [0.29, 0.717) is 6.04 Å². The second-order valence-corrected chi connectivity index (χ2v) is 7.37. The van der Waals surface area contributed by atoms with Crippen LogP contribution in [0.25, 0.3) is 0 Å². The van der Waals surface area contributed by atoms with Crippen LogP contribution in [0.1, 0.15) is 44.0 Å². The second-order valence-electron chi connectivity index (χ2n) is 6.26. The molecule has 4 heteroatoms. The zero-order valence-electron chi connectivity index (χ0n) is 12.6. The third-order valence-corrected chi connectivity index (χ3v) is 4.25. The van der Waals surface area contributed by atoms with Crippen LogP contribution in [0.5, 0.6) is 0 Å². The highest BCUT2D eigenvalue weighted by Crippen LogP contribution is 2.26. The van der Waals surface area contributed by atoms with Gasteiger partial charge in [-0.15, -0.1) is 11.3 Å². The van der Waals surface area contributed by atoms with Gasteiger partial charge in [0.2, 0.25) is 0 Å². The van der Waals surface area contributed by atoms with Gasteiger partial charge in [0.05, 0.1) is 5.01 Å². The molecular formula is C14H27N3S. The van der Waals surface area contributed by atoms with Crippen molar-refractivity contribution in [1.82, 2.24) is 15.2 Å². The number of nitrogens with zero attached hydrogens (tertiary/aromatic N) is 2. The molecule has 1 rings (SSSR count). The Bertz CT molecular complexity index is 352. The zero-order valence-corrected chi connectivity index (χ0v) is 13.4. The fourth-order valence-electron chi connectivity index (χ4n) is 1.56. The van der Waals surface area contributed by atoms with Crippen LogP contribution < -0.4 is 5.32 Å². The van der Waals surface area contributed by atoms with Crippen molar-refractivity contribution < 1.29 is 0 Å². The van der Waals surface area contributed by atoms with E-state index < -0.39 is 0 Å². The average molecular weight is 269 g/mol. The third-order valence-electron chi connectivity index (χ3n) is 2.83. The monoisotopic (exact) mass is 269 g/mol. The summed E-state index contributed by atoms with van der Waals surface area (Å²) < 4.78 is 0. The molecule has 1 atom stereocenters. The maximum absolute atomic E-state index is 4.51.